The van der Waals surface area contributed by atoms with Crippen LogP contribution in [0.25, 0.3) is 0 Å². The van der Waals surface area contributed by atoms with Crippen molar-refractivity contribution in [2.75, 3.05) is 65.3 Å². The van der Waals surface area contributed by atoms with Crippen LogP contribution in [0.5, 0.6) is 0 Å². The predicted octanol–water partition coefficient (Wildman–Crippen LogP) is -0.607. The second-order valence-corrected chi connectivity index (χ2v) is 9.47. The summed E-state index contributed by atoms with van der Waals surface area (Å²) < 4.78 is 30.4. The van der Waals surface area contributed by atoms with Gasteiger partial charge in [0.25, 0.3) is 0 Å². The highest BCUT2D eigenvalue weighted by molar-refractivity contribution is 7.88. The van der Waals surface area contributed by atoms with Gasteiger partial charge in [0, 0.05) is 51.6 Å². The number of rotatable bonds is 6. The van der Waals surface area contributed by atoms with E-state index in [9.17, 15) is 18.0 Å². The first-order chi connectivity index (χ1) is 13.4. The molecule has 2 aliphatic rings. The highest BCUT2D eigenvalue weighted by atomic mass is 32.2. The molecule has 0 spiro atoms. The van der Waals surface area contributed by atoms with E-state index in [2.05, 4.69) is 15.5 Å². The molecular formula is C18H34N4O5S. The summed E-state index contributed by atoms with van der Waals surface area (Å²) in [6, 6.07) is 0. The first-order valence-corrected chi connectivity index (χ1v) is 12.0. The van der Waals surface area contributed by atoms with Crippen LogP contribution in [0.4, 0.5) is 0 Å². The molecule has 0 bridgehead atoms. The van der Waals surface area contributed by atoms with E-state index in [-0.39, 0.29) is 30.7 Å². The lowest BCUT2D eigenvalue weighted by atomic mass is 9.98. The Balaban J connectivity index is 1.79. The number of nitrogens with one attached hydrogen (secondary N) is 2. The summed E-state index contributed by atoms with van der Waals surface area (Å²) in [6.45, 7) is 5.93. The number of sulfonamides is 1. The highest BCUT2D eigenvalue weighted by Crippen LogP contribution is 2.14. The summed E-state index contributed by atoms with van der Waals surface area (Å²) in [5.74, 6) is -0.412. The molecule has 2 N–H and O–H groups in total. The lowest BCUT2D eigenvalue weighted by Gasteiger charge is -2.26. The SMILES string of the molecule is CS(=O)(=O)N1CCCC(C(=O)NCCCN2CCOCC2)CCNC(=O)CC1. The van der Waals surface area contributed by atoms with E-state index in [1.165, 1.54) is 4.31 Å². The zero-order chi connectivity index (χ0) is 20.4. The zero-order valence-electron chi connectivity index (χ0n) is 16.8. The molecule has 1 unspecified atom stereocenters. The highest BCUT2D eigenvalue weighted by Gasteiger charge is 2.23. The van der Waals surface area contributed by atoms with Crippen LogP contribution in [0.1, 0.15) is 32.1 Å². The Morgan fingerprint density at radius 3 is 2.68 bits per heavy atom. The maximum atomic E-state index is 12.6. The van der Waals surface area contributed by atoms with Crippen molar-refractivity contribution < 1.29 is 22.7 Å². The molecular weight excluding hydrogens is 384 g/mol. The normalized spacial score (nSPS) is 24.2. The lowest BCUT2D eigenvalue weighted by Crippen LogP contribution is -2.39. The molecule has 0 aromatic rings. The summed E-state index contributed by atoms with van der Waals surface area (Å²) >= 11 is 0. The van der Waals surface area contributed by atoms with Crippen LogP contribution in [0.15, 0.2) is 0 Å². The molecule has 0 radical (unpaired) electrons. The lowest BCUT2D eigenvalue weighted by molar-refractivity contribution is -0.126. The number of amides is 2. The number of carbonyl (C=O) groups is 2. The second kappa shape index (κ2) is 11.7. The van der Waals surface area contributed by atoms with Gasteiger partial charge in [0.15, 0.2) is 0 Å². The molecule has 2 heterocycles. The van der Waals surface area contributed by atoms with E-state index in [0.29, 0.717) is 38.9 Å². The Morgan fingerprint density at radius 1 is 1.21 bits per heavy atom. The van der Waals surface area contributed by atoms with Crippen molar-refractivity contribution >= 4 is 21.8 Å². The largest absolute Gasteiger partial charge is 0.379 e. The van der Waals surface area contributed by atoms with Crippen LogP contribution in [0, 0.1) is 5.92 Å². The zero-order valence-corrected chi connectivity index (χ0v) is 17.6. The molecule has 28 heavy (non-hydrogen) atoms. The molecule has 2 aliphatic heterocycles. The van der Waals surface area contributed by atoms with Crippen molar-refractivity contribution in [2.45, 2.75) is 32.1 Å². The van der Waals surface area contributed by atoms with Gasteiger partial charge in [-0.15, -0.1) is 0 Å². The Bertz CT molecular complexity index is 607. The minimum Gasteiger partial charge on any atom is -0.379 e. The van der Waals surface area contributed by atoms with Gasteiger partial charge in [-0.2, -0.15) is 0 Å². The Hall–Kier alpha value is -1.23. The van der Waals surface area contributed by atoms with Gasteiger partial charge in [-0.1, -0.05) is 0 Å². The molecule has 2 amide bonds. The molecule has 0 aromatic carbocycles. The Kier molecular flexibility index (Phi) is 9.63. The van der Waals surface area contributed by atoms with E-state index < -0.39 is 10.0 Å². The maximum Gasteiger partial charge on any atom is 0.223 e. The van der Waals surface area contributed by atoms with Crippen molar-refractivity contribution in [2.24, 2.45) is 5.92 Å². The van der Waals surface area contributed by atoms with Crippen LogP contribution in [-0.2, 0) is 24.3 Å². The second-order valence-electron chi connectivity index (χ2n) is 7.49. The third-order valence-corrected chi connectivity index (χ3v) is 6.56. The van der Waals surface area contributed by atoms with Gasteiger partial charge in [-0.05, 0) is 32.2 Å². The molecule has 10 heteroatoms. The molecule has 2 fully saturated rings. The van der Waals surface area contributed by atoms with E-state index in [0.717, 1.165) is 45.5 Å². The number of hydrogen-bond acceptors (Lipinski definition) is 6. The molecule has 2 rings (SSSR count). The number of nitrogens with zero attached hydrogens (tertiary/aromatic N) is 2. The fourth-order valence-electron chi connectivity index (χ4n) is 3.55. The van der Waals surface area contributed by atoms with Gasteiger partial charge >= 0.3 is 0 Å². The quantitative estimate of drug-likeness (QED) is 0.558. The van der Waals surface area contributed by atoms with Crippen LogP contribution < -0.4 is 10.6 Å². The molecule has 162 valence electrons. The van der Waals surface area contributed by atoms with Crippen LogP contribution in [-0.4, -0.2) is 94.7 Å². The topological polar surface area (TPSA) is 108 Å². The van der Waals surface area contributed by atoms with Crippen LogP contribution in [0.3, 0.4) is 0 Å². The third kappa shape index (κ3) is 8.42. The summed E-state index contributed by atoms with van der Waals surface area (Å²) in [5.41, 5.74) is 0. The summed E-state index contributed by atoms with van der Waals surface area (Å²) in [6.07, 6.45) is 3.97. The van der Waals surface area contributed by atoms with Crippen molar-refractivity contribution in [1.82, 2.24) is 19.8 Å². The fourth-order valence-corrected chi connectivity index (χ4v) is 4.43. The monoisotopic (exact) mass is 418 g/mol. The Morgan fingerprint density at radius 2 is 1.96 bits per heavy atom. The predicted molar refractivity (Wildman–Crippen MR) is 106 cm³/mol. The molecule has 9 nitrogen and oxygen atoms in total. The summed E-state index contributed by atoms with van der Waals surface area (Å²) in [7, 11) is -3.36. The number of morpholine rings is 1. The smallest absolute Gasteiger partial charge is 0.223 e. The van der Waals surface area contributed by atoms with Gasteiger partial charge in [0.05, 0.1) is 19.5 Å². The van der Waals surface area contributed by atoms with Crippen LogP contribution in [0.2, 0.25) is 0 Å². The number of ether oxygens (including phenoxy) is 1. The first-order valence-electron chi connectivity index (χ1n) is 10.2. The fraction of sp³-hybridized carbons (Fsp3) is 0.889. The minimum absolute atomic E-state index is 0.0126. The van der Waals surface area contributed by atoms with Gasteiger partial charge < -0.3 is 15.4 Å². The Labute approximate surface area is 168 Å². The number of hydrogen-bond donors (Lipinski definition) is 2. The standard InChI is InChI=1S/C18H34N4O5S/c1-28(25,26)22-10-2-4-16(5-8-19-17(23)6-11-22)18(24)20-7-3-9-21-12-14-27-15-13-21/h16H,2-15H2,1H3,(H,19,23)(H,20,24). The number of carbonyl (C=O) groups excluding carboxylic acids is 2. The molecule has 1 atom stereocenters. The summed E-state index contributed by atoms with van der Waals surface area (Å²) in [5, 5.41) is 5.79. The van der Waals surface area contributed by atoms with Crippen molar-refractivity contribution in [3.8, 4) is 0 Å². The van der Waals surface area contributed by atoms with E-state index in [1.807, 2.05) is 0 Å². The van der Waals surface area contributed by atoms with Gasteiger partial charge in [-0.3, -0.25) is 14.5 Å². The average Bonchev–Trinajstić information content (AvgIpc) is 2.70. The first kappa shape index (κ1) is 23.1. The average molecular weight is 419 g/mol. The molecule has 2 saturated heterocycles. The van der Waals surface area contributed by atoms with E-state index in [4.69, 9.17) is 4.74 Å². The third-order valence-electron chi connectivity index (χ3n) is 5.26. The van der Waals surface area contributed by atoms with E-state index in [1.54, 1.807) is 0 Å². The minimum atomic E-state index is -3.36. The molecule has 0 aromatic heterocycles. The summed E-state index contributed by atoms with van der Waals surface area (Å²) in [4.78, 5) is 26.8. The van der Waals surface area contributed by atoms with E-state index >= 15 is 0 Å². The maximum absolute atomic E-state index is 12.6. The molecule has 0 saturated carbocycles. The molecule has 0 aliphatic carbocycles. The van der Waals surface area contributed by atoms with Crippen molar-refractivity contribution in [3.05, 3.63) is 0 Å². The van der Waals surface area contributed by atoms with Crippen molar-refractivity contribution in [1.29, 1.82) is 0 Å². The van der Waals surface area contributed by atoms with Crippen LogP contribution >= 0.6 is 0 Å². The van der Waals surface area contributed by atoms with Gasteiger partial charge in [-0.25, -0.2) is 12.7 Å². The van der Waals surface area contributed by atoms with Crippen molar-refractivity contribution in [3.63, 3.8) is 0 Å². The van der Waals surface area contributed by atoms with Gasteiger partial charge in [0.1, 0.15) is 0 Å². The van der Waals surface area contributed by atoms with Gasteiger partial charge in [0.2, 0.25) is 21.8 Å².